The summed E-state index contributed by atoms with van der Waals surface area (Å²) in [5.41, 5.74) is 1.72. The Hall–Kier alpha value is -3.35. The van der Waals surface area contributed by atoms with Crippen molar-refractivity contribution in [1.29, 1.82) is 0 Å². The van der Waals surface area contributed by atoms with Gasteiger partial charge < -0.3 is 20.3 Å². The molecule has 0 radical (unpaired) electrons. The van der Waals surface area contributed by atoms with Crippen molar-refractivity contribution in [3.63, 3.8) is 0 Å². The van der Waals surface area contributed by atoms with E-state index in [4.69, 9.17) is 4.74 Å². The van der Waals surface area contributed by atoms with E-state index in [1.807, 2.05) is 0 Å². The predicted molar refractivity (Wildman–Crippen MR) is 100 cm³/mol. The molecule has 7 heteroatoms. The van der Waals surface area contributed by atoms with Crippen LogP contribution >= 0.6 is 0 Å². The van der Waals surface area contributed by atoms with Gasteiger partial charge in [-0.15, -0.1) is 0 Å². The lowest BCUT2D eigenvalue weighted by Crippen LogP contribution is -2.40. The van der Waals surface area contributed by atoms with Gasteiger partial charge in [0, 0.05) is 12.2 Å². The van der Waals surface area contributed by atoms with Gasteiger partial charge in [0.05, 0.1) is 23.9 Å². The van der Waals surface area contributed by atoms with Crippen molar-refractivity contribution >= 4 is 29.1 Å². The molecule has 3 amide bonds. The molecule has 2 N–H and O–H groups in total. The Bertz CT molecular complexity index is 941. The van der Waals surface area contributed by atoms with Crippen LogP contribution in [0.3, 0.4) is 0 Å². The molecule has 1 fully saturated rings. The fourth-order valence-corrected chi connectivity index (χ4v) is 3.59. The highest BCUT2D eigenvalue weighted by Crippen LogP contribution is 2.30. The zero-order chi connectivity index (χ0) is 19.0. The van der Waals surface area contributed by atoms with E-state index in [0.717, 1.165) is 6.42 Å². The van der Waals surface area contributed by atoms with Crippen molar-refractivity contribution in [1.82, 2.24) is 4.90 Å². The molecule has 0 saturated carbocycles. The predicted octanol–water partition coefficient (Wildman–Crippen LogP) is 2.50. The Kier molecular flexibility index (Phi) is 4.27. The van der Waals surface area contributed by atoms with E-state index in [1.54, 1.807) is 47.4 Å². The maximum Gasteiger partial charge on any atom is 0.259 e. The minimum Gasteiger partial charge on any atom is -0.496 e. The van der Waals surface area contributed by atoms with Gasteiger partial charge in [0.15, 0.2) is 0 Å². The molecule has 2 aromatic rings. The highest BCUT2D eigenvalue weighted by molar-refractivity contribution is 6.12. The summed E-state index contributed by atoms with van der Waals surface area (Å²) in [6.45, 7) is 0.564. The minimum atomic E-state index is -0.420. The highest BCUT2D eigenvalue weighted by atomic mass is 16.5. The first-order valence-electron chi connectivity index (χ1n) is 8.79. The number of anilines is 2. The smallest absolute Gasteiger partial charge is 0.259 e. The molecule has 138 valence electrons. The number of carbonyl (C=O) groups is 3. The van der Waals surface area contributed by atoms with Crippen LogP contribution in [0.1, 0.15) is 33.6 Å². The Balaban J connectivity index is 1.63. The van der Waals surface area contributed by atoms with Gasteiger partial charge in [-0.3, -0.25) is 14.4 Å². The zero-order valence-electron chi connectivity index (χ0n) is 14.8. The first-order valence-corrected chi connectivity index (χ1v) is 8.79. The lowest BCUT2D eigenvalue weighted by molar-refractivity contribution is -0.119. The van der Waals surface area contributed by atoms with E-state index in [9.17, 15) is 14.4 Å². The van der Waals surface area contributed by atoms with Gasteiger partial charge in [0.2, 0.25) is 5.91 Å². The monoisotopic (exact) mass is 365 g/mol. The quantitative estimate of drug-likeness (QED) is 0.875. The molecule has 0 spiro atoms. The van der Waals surface area contributed by atoms with Gasteiger partial charge in [-0.05, 0) is 43.2 Å². The van der Waals surface area contributed by atoms with Crippen molar-refractivity contribution in [2.75, 3.05) is 24.3 Å². The van der Waals surface area contributed by atoms with Crippen LogP contribution in [0.5, 0.6) is 5.75 Å². The van der Waals surface area contributed by atoms with Crippen LogP contribution in [0, 0.1) is 0 Å². The number of hydrogen-bond donors (Lipinski definition) is 2. The van der Waals surface area contributed by atoms with Crippen LogP contribution in [-0.4, -0.2) is 42.3 Å². The number of methoxy groups -OCH3 is 1. The largest absolute Gasteiger partial charge is 0.496 e. The molecular weight excluding hydrogens is 346 g/mol. The first kappa shape index (κ1) is 17.1. The van der Waals surface area contributed by atoms with E-state index in [-0.39, 0.29) is 17.7 Å². The number of carbonyl (C=O) groups excluding carboxylic acids is 3. The second-order valence-electron chi connectivity index (χ2n) is 6.56. The number of fused-ring (bicyclic) bond motifs is 2. The Morgan fingerprint density at radius 1 is 1.22 bits per heavy atom. The molecule has 1 atom stereocenters. The number of nitrogens with zero attached hydrogens (tertiary/aromatic N) is 1. The molecule has 2 aromatic carbocycles. The average Bonchev–Trinajstić information content (AvgIpc) is 3.15. The van der Waals surface area contributed by atoms with Gasteiger partial charge in [-0.25, -0.2) is 0 Å². The Morgan fingerprint density at radius 2 is 2.04 bits per heavy atom. The van der Waals surface area contributed by atoms with Crippen molar-refractivity contribution in [2.45, 2.75) is 18.9 Å². The third kappa shape index (κ3) is 3.01. The molecule has 0 bridgehead atoms. The summed E-state index contributed by atoms with van der Waals surface area (Å²) in [5.74, 6) is -0.228. The summed E-state index contributed by atoms with van der Waals surface area (Å²) in [5, 5.41) is 5.61. The standard InChI is InChI=1S/C20H19N3O4/c1-27-17-7-3-2-5-13(17)18(24)21-12-8-9-15-14(11-12)20(26)23-10-4-6-16(23)19(25)22-15/h2-3,5,7-9,11,16H,4,6,10H2,1H3,(H,21,24)(H,22,25). The molecule has 27 heavy (non-hydrogen) atoms. The second-order valence-corrected chi connectivity index (χ2v) is 6.56. The van der Waals surface area contributed by atoms with Gasteiger partial charge in [-0.1, -0.05) is 12.1 Å². The normalized spacial score (nSPS) is 18.3. The van der Waals surface area contributed by atoms with E-state index < -0.39 is 6.04 Å². The molecule has 2 aliphatic heterocycles. The van der Waals surface area contributed by atoms with Crippen molar-refractivity contribution in [3.05, 3.63) is 53.6 Å². The maximum atomic E-state index is 12.9. The highest BCUT2D eigenvalue weighted by Gasteiger charge is 2.38. The second kappa shape index (κ2) is 6.75. The van der Waals surface area contributed by atoms with Crippen molar-refractivity contribution in [2.24, 2.45) is 0 Å². The third-order valence-corrected chi connectivity index (χ3v) is 4.93. The SMILES string of the molecule is COc1ccccc1C(=O)Nc1ccc2c(c1)C(=O)N1CCCC1C(=O)N2. The fraction of sp³-hybridized carbons (Fsp3) is 0.250. The maximum absolute atomic E-state index is 12.9. The van der Waals surface area contributed by atoms with E-state index in [0.29, 0.717) is 41.2 Å². The molecule has 2 aliphatic rings. The Labute approximate surface area is 156 Å². The van der Waals surface area contributed by atoms with Crippen LogP contribution in [0.15, 0.2) is 42.5 Å². The molecule has 4 rings (SSSR count). The van der Waals surface area contributed by atoms with Crippen molar-refractivity contribution < 1.29 is 19.1 Å². The van der Waals surface area contributed by atoms with Gasteiger partial charge >= 0.3 is 0 Å². The summed E-state index contributed by atoms with van der Waals surface area (Å²) in [6, 6.07) is 11.4. The van der Waals surface area contributed by atoms with E-state index in [1.165, 1.54) is 7.11 Å². The molecule has 0 aliphatic carbocycles. The summed E-state index contributed by atoms with van der Waals surface area (Å²) >= 11 is 0. The van der Waals surface area contributed by atoms with Crippen LogP contribution < -0.4 is 15.4 Å². The number of para-hydroxylation sites is 1. The lowest BCUT2D eigenvalue weighted by atomic mass is 10.1. The fourth-order valence-electron chi connectivity index (χ4n) is 3.59. The minimum absolute atomic E-state index is 0.162. The molecule has 0 aromatic heterocycles. The van der Waals surface area contributed by atoms with Crippen molar-refractivity contribution in [3.8, 4) is 5.75 Å². The van der Waals surface area contributed by atoms with Crippen LogP contribution in [0.4, 0.5) is 11.4 Å². The number of nitrogens with one attached hydrogen (secondary N) is 2. The third-order valence-electron chi connectivity index (χ3n) is 4.93. The van der Waals surface area contributed by atoms with Crippen LogP contribution in [0.25, 0.3) is 0 Å². The van der Waals surface area contributed by atoms with Crippen LogP contribution in [-0.2, 0) is 4.79 Å². The number of hydrogen-bond acceptors (Lipinski definition) is 4. The molecule has 1 saturated heterocycles. The number of benzene rings is 2. The van der Waals surface area contributed by atoms with Gasteiger partial charge in [0.25, 0.3) is 11.8 Å². The zero-order valence-corrected chi connectivity index (χ0v) is 14.8. The number of amides is 3. The summed E-state index contributed by atoms with van der Waals surface area (Å²) in [7, 11) is 1.50. The lowest BCUT2D eigenvalue weighted by Gasteiger charge is -2.20. The summed E-state index contributed by atoms with van der Waals surface area (Å²) < 4.78 is 5.22. The first-order chi connectivity index (χ1) is 13.1. The number of rotatable bonds is 3. The number of ether oxygens (including phenoxy) is 1. The molecule has 7 nitrogen and oxygen atoms in total. The van der Waals surface area contributed by atoms with E-state index >= 15 is 0 Å². The summed E-state index contributed by atoms with van der Waals surface area (Å²) in [6.07, 6.45) is 1.48. The summed E-state index contributed by atoms with van der Waals surface area (Å²) in [4.78, 5) is 39.4. The topological polar surface area (TPSA) is 87.7 Å². The Morgan fingerprint density at radius 3 is 2.85 bits per heavy atom. The molecular formula is C20H19N3O4. The molecule has 1 unspecified atom stereocenters. The van der Waals surface area contributed by atoms with Gasteiger partial charge in [0.1, 0.15) is 11.8 Å². The average molecular weight is 365 g/mol. The van der Waals surface area contributed by atoms with Crippen LogP contribution in [0.2, 0.25) is 0 Å². The van der Waals surface area contributed by atoms with E-state index in [2.05, 4.69) is 10.6 Å². The molecule has 2 heterocycles. The van der Waals surface area contributed by atoms with Gasteiger partial charge in [-0.2, -0.15) is 0 Å².